The third-order valence-corrected chi connectivity index (χ3v) is 3.46. The van der Waals surface area contributed by atoms with E-state index in [0.29, 0.717) is 24.5 Å². The number of rotatable bonds is 10. The number of hydrogen-bond acceptors (Lipinski definition) is 6. The van der Waals surface area contributed by atoms with Gasteiger partial charge >= 0.3 is 0 Å². The van der Waals surface area contributed by atoms with Crippen molar-refractivity contribution in [2.75, 3.05) is 25.0 Å². The van der Waals surface area contributed by atoms with Crippen LogP contribution in [0.2, 0.25) is 0 Å². The first-order valence-electron chi connectivity index (χ1n) is 8.29. The quantitative estimate of drug-likeness (QED) is 0.253. The van der Waals surface area contributed by atoms with Gasteiger partial charge < -0.3 is 20.4 Å². The van der Waals surface area contributed by atoms with Crippen molar-refractivity contribution < 1.29 is 18.9 Å². The van der Waals surface area contributed by atoms with Crippen LogP contribution in [0.1, 0.15) is 12.2 Å². The molecule has 0 spiro atoms. The summed E-state index contributed by atoms with van der Waals surface area (Å²) in [5, 5.41) is 19.1. The summed E-state index contributed by atoms with van der Waals surface area (Å²) < 4.78 is 5.06. The number of anilines is 1. The lowest BCUT2D eigenvalue weighted by molar-refractivity contribution is -0.384. The van der Waals surface area contributed by atoms with Crippen LogP contribution in [0.25, 0.3) is 6.08 Å². The van der Waals surface area contributed by atoms with E-state index in [1.807, 2.05) is 0 Å². The standard InChI is InChI=1S/C18H20N4O5/c23-17(8-7-14-4-3-13-27-14)20-10-9-18(24)21-12-11-19-15-5-1-2-6-16(15)22(25)26/h1-8,13,19H,9-12H2,(H,20,23)(H,21,24)/b8-7+. The molecule has 2 amide bonds. The molecule has 0 saturated heterocycles. The van der Waals surface area contributed by atoms with Crippen LogP contribution < -0.4 is 16.0 Å². The van der Waals surface area contributed by atoms with E-state index in [1.165, 1.54) is 24.5 Å². The molecule has 0 radical (unpaired) electrons. The number of carbonyl (C=O) groups is 2. The lowest BCUT2D eigenvalue weighted by Crippen LogP contribution is -2.32. The summed E-state index contributed by atoms with van der Waals surface area (Å²) >= 11 is 0. The Bertz CT molecular complexity index is 802. The normalized spacial score (nSPS) is 10.5. The van der Waals surface area contributed by atoms with Crippen LogP contribution in [0.4, 0.5) is 11.4 Å². The van der Waals surface area contributed by atoms with E-state index in [4.69, 9.17) is 4.42 Å². The SMILES string of the molecule is O=C(/C=C/c1ccco1)NCCC(=O)NCCNc1ccccc1[N+](=O)[O-]. The maximum atomic E-state index is 11.7. The zero-order valence-corrected chi connectivity index (χ0v) is 14.5. The van der Waals surface area contributed by atoms with E-state index in [-0.39, 0.29) is 30.5 Å². The Hall–Kier alpha value is -3.62. The largest absolute Gasteiger partial charge is 0.465 e. The molecule has 1 heterocycles. The maximum Gasteiger partial charge on any atom is 0.292 e. The molecule has 0 aliphatic heterocycles. The number of furan rings is 1. The number of benzene rings is 1. The van der Waals surface area contributed by atoms with Crippen molar-refractivity contribution in [1.82, 2.24) is 10.6 Å². The Balaban J connectivity index is 1.60. The summed E-state index contributed by atoms with van der Waals surface area (Å²) in [4.78, 5) is 33.7. The van der Waals surface area contributed by atoms with Gasteiger partial charge in [-0.1, -0.05) is 12.1 Å². The molecule has 0 bridgehead atoms. The van der Waals surface area contributed by atoms with Gasteiger partial charge in [-0.3, -0.25) is 19.7 Å². The van der Waals surface area contributed by atoms with Crippen molar-refractivity contribution in [2.45, 2.75) is 6.42 Å². The Kier molecular flexibility index (Phi) is 7.58. The van der Waals surface area contributed by atoms with Crippen LogP contribution in [0.15, 0.2) is 53.2 Å². The highest BCUT2D eigenvalue weighted by molar-refractivity contribution is 5.91. The predicted octanol–water partition coefficient (Wildman–Crippen LogP) is 1.94. The van der Waals surface area contributed by atoms with Crippen LogP contribution in [-0.2, 0) is 9.59 Å². The molecule has 1 aromatic heterocycles. The molecule has 0 aliphatic carbocycles. The van der Waals surface area contributed by atoms with Crippen LogP contribution in [0.3, 0.4) is 0 Å². The highest BCUT2D eigenvalue weighted by Crippen LogP contribution is 2.22. The average molecular weight is 372 g/mol. The smallest absolute Gasteiger partial charge is 0.292 e. The first kappa shape index (κ1) is 19.7. The lowest BCUT2D eigenvalue weighted by atomic mass is 10.2. The van der Waals surface area contributed by atoms with E-state index < -0.39 is 4.92 Å². The predicted molar refractivity (Wildman–Crippen MR) is 100.0 cm³/mol. The monoisotopic (exact) mass is 372 g/mol. The number of nitrogens with zero attached hydrogens (tertiary/aromatic N) is 1. The molecule has 9 nitrogen and oxygen atoms in total. The van der Waals surface area contributed by atoms with Gasteiger partial charge in [-0.15, -0.1) is 0 Å². The molecule has 3 N–H and O–H groups in total. The van der Waals surface area contributed by atoms with Gasteiger partial charge in [-0.05, 0) is 24.3 Å². The molecular formula is C18H20N4O5. The number of hydrogen-bond donors (Lipinski definition) is 3. The third-order valence-electron chi connectivity index (χ3n) is 3.46. The molecule has 9 heteroatoms. The third kappa shape index (κ3) is 7.02. The van der Waals surface area contributed by atoms with Crippen molar-refractivity contribution in [1.29, 1.82) is 0 Å². The van der Waals surface area contributed by atoms with Gasteiger partial charge in [0.2, 0.25) is 11.8 Å². The van der Waals surface area contributed by atoms with Crippen molar-refractivity contribution in [2.24, 2.45) is 0 Å². The Morgan fingerprint density at radius 3 is 2.63 bits per heavy atom. The maximum absolute atomic E-state index is 11.7. The van der Waals surface area contributed by atoms with Crippen molar-refractivity contribution in [3.8, 4) is 0 Å². The van der Waals surface area contributed by atoms with Gasteiger partial charge in [0.05, 0.1) is 11.2 Å². The van der Waals surface area contributed by atoms with Crippen LogP contribution >= 0.6 is 0 Å². The highest BCUT2D eigenvalue weighted by Gasteiger charge is 2.11. The fraction of sp³-hybridized carbons (Fsp3) is 0.222. The van der Waals surface area contributed by atoms with Crippen molar-refractivity contribution in [3.05, 3.63) is 64.6 Å². The number of amides is 2. The van der Waals surface area contributed by atoms with Crippen LogP contribution in [0.5, 0.6) is 0 Å². The second kappa shape index (κ2) is 10.4. The van der Waals surface area contributed by atoms with Gasteiger partial charge in [0.15, 0.2) is 0 Å². The van der Waals surface area contributed by atoms with E-state index in [0.717, 1.165) is 0 Å². The molecule has 0 atom stereocenters. The van der Waals surface area contributed by atoms with Gasteiger partial charge in [0.25, 0.3) is 5.69 Å². The molecule has 2 rings (SSSR count). The minimum Gasteiger partial charge on any atom is -0.465 e. The highest BCUT2D eigenvalue weighted by atomic mass is 16.6. The first-order valence-corrected chi connectivity index (χ1v) is 8.29. The van der Waals surface area contributed by atoms with Gasteiger partial charge in [-0.25, -0.2) is 0 Å². The summed E-state index contributed by atoms with van der Waals surface area (Å²) in [6.07, 6.45) is 4.50. The lowest BCUT2D eigenvalue weighted by Gasteiger charge is -2.08. The number of para-hydroxylation sites is 2. The van der Waals surface area contributed by atoms with Crippen LogP contribution in [-0.4, -0.2) is 36.4 Å². The summed E-state index contributed by atoms with van der Waals surface area (Å²) in [6, 6.07) is 9.72. The molecule has 0 saturated carbocycles. The Labute approximate surface area is 155 Å². The zero-order valence-electron chi connectivity index (χ0n) is 14.5. The molecule has 1 aromatic carbocycles. The summed E-state index contributed by atoms with van der Waals surface area (Å²) in [5.41, 5.74) is 0.376. The molecule has 142 valence electrons. The van der Waals surface area contributed by atoms with E-state index in [2.05, 4.69) is 16.0 Å². The first-order chi connectivity index (χ1) is 13.1. The number of carbonyl (C=O) groups excluding carboxylic acids is 2. The van der Waals surface area contributed by atoms with E-state index in [9.17, 15) is 19.7 Å². The molecular weight excluding hydrogens is 352 g/mol. The Morgan fingerprint density at radius 1 is 1.07 bits per heavy atom. The molecule has 27 heavy (non-hydrogen) atoms. The molecule has 0 unspecified atom stereocenters. The average Bonchev–Trinajstić information content (AvgIpc) is 3.17. The minimum absolute atomic E-state index is 0.0193. The second-order valence-electron chi connectivity index (χ2n) is 5.44. The molecule has 0 fully saturated rings. The van der Waals surface area contributed by atoms with Gasteiger partial charge in [-0.2, -0.15) is 0 Å². The fourth-order valence-electron chi connectivity index (χ4n) is 2.17. The molecule has 2 aromatic rings. The summed E-state index contributed by atoms with van der Waals surface area (Å²) in [6.45, 7) is 0.844. The summed E-state index contributed by atoms with van der Waals surface area (Å²) in [5.74, 6) is 0.0148. The van der Waals surface area contributed by atoms with E-state index in [1.54, 1.807) is 30.3 Å². The minimum atomic E-state index is -0.468. The number of nitrogens with one attached hydrogen (secondary N) is 3. The summed E-state index contributed by atoms with van der Waals surface area (Å²) in [7, 11) is 0. The topological polar surface area (TPSA) is 127 Å². The van der Waals surface area contributed by atoms with Gasteiger partial charge in [0, 0.05) is 38.2 Å². The van der Waals surface area contributed by atoms with Crippen LogP contribution in [0, 0.1) is 10.1 Å². The molecule has 0 aliphatic rings. The second-order valence-corrected chi connectivity index (χ2v) is 5.44. The zero-order chi connectivity index (χ0) is 19.5. The number of nitro benzene ring substituents is 1. The number of nitro groups is 1. The van der Waals surface area contributed by atoms with Crippen molar-refractivity contribution >= 4 is 29.3 Å². The van der Waals surface area contributed by atoms with Crippen molar-refractivity contribution in [3.63, 3.8) is 0 Å². The van der Waals surface area contributed by atoms with Gasteiger partial charge in [0.1, 0.15) is 11.4 Å². The Morgan fingerprint density at radius 2 is 1.89 bits per heavy atom. The fourth-order valence-corrected chi connectivity index (χ4v) is 2.17. The van der Waals surface area contributed by atoms with E-state index >= 15 is 0 Å².